The zero-order valence-electron chi connectivity index (χ0n) is 8.09. The zero-order chi connectivity index (χ0) is 10.9. The summed E-state index contributed by atoms with van der Waals surface area (Å²) in [5.41, 5.74) is 0.796. The maximum Gasteiger partial charge on any atom is 0.265 e. The number of alkyl halides is 2. The Morgan fingerprint density at radius 2 is 2.27 bits per heavy atom. The van der Waals surface area contributed by atoms with Gasteiger partial charge < -0.3 is 4.90 Å². The molecule has 1 aliphatic rings. The molecule has 1 aromatic heterocycles. The van der Waals surface area contributed by atoms with Crippen LogP contribution in [0.25, 0.3) is 0 Å². The summed E-state index contributed by atoms with van der Waals surface area (Å²) >= 11 is 3.32. The van der Waals surface area contributed by atoms with Crippen LogP contribution in [0.15, 0.2) is 22.9 Å². The van der Waals surface area contributed by atoms with Crippen molar-refractivity contribution in [2.45, 2.75) is 18.8 Å². The van der Waals surface area contributed by atoms with Gasteiger partial charge in [0.05, 0.1) is 16.7 Å². The van der Waals surface area contributed by atoms with Crippen molar-refractivity contribution < 1.29 is 8.78 Å². The molecule has 2 nitrogen and oxygen atoms in total. The molecule has 5 heteroatoms. The van der Waals surface area contributed by atoms with E-state index in [-0.39, 0.29) is 13.0 Å². The van der Waals surface area contributed by atoms with Gasteiger partial charge in [0.25, 0.3) is 5.92 Å². The Labute approximate surface area is 95.4 Å². The van der Waals surface area contributed by atoms with Gasteiger partial charge >= 0.3 is 0 Å². The van der Waals surface area contributed by atoms with Gasteiger partial charge in [-0.1, -0.05) is 0 Å². The topological polar surface area (TPSA) is 16.1 Å². The Hall–Kier alpha value is -0.710. The molecule has 0 spiro atoms. The molecular weight excluding hydrogens is 266 g/mol. The predicted octanol–water partition coefficient (Wildman–Crippen LogP) is 3.08. The third-order valence-corrected chi connectivity index (χ3v) is 3.10. The van der Waals surface area contributed by atoms with Gasteiger partial charge in [0, 0.05) is 25.4 Å². The van der Waals surface area contributed by atoms with E-state index >= 15 is 0 Å². The average Bonchev–Trinajstić information content (AvgIpc) is 2.17. The molecule has 0 saturated carbocycles. The Balaban J connectivity index is 2.21. The van der Waals surface area contributed by atoms with Crippen LogP contribution in [0.3, 0.4) is 0 Å². The molecule has 1 saturated heterocycles. The first kappa shape index (κ1) is 10.8. The Kier molecular flexibility index (Phi) is 2.91. The van der Waals surface area contributed by atoms with Crippen LogP contribution in [0.2, 0.25) is 0 Å². The molecule has 0 aliphatic carbocycles. The molecular formula is C10H11BrF2N2. The van der Waals surface area contributed by atoms with Crippen LogP contribution < -0.4 is 4.90 Å². The lowest BCUT2D eigenvalue weighted by atomic mass is 10.1. The van der Waals surface area contributed by atoms with E-state index in [4.69, 9.17) is 0 Å². The highest BCUT2D eigenvalue weighted by molar-refractivity contribution is 9.10. The van der Waals surface area contributed by atoms with Crippen LogP contribution in [0.5, 0.6) is 0 Å². The minimum atomic E-state index is -2.57. The normalized spacial score (nSPS) is 20.3. The van der Waals surface area contributed by atoms with Gasteiger partial charge in [0.2, 0.25) is 0 Å². The standard InChI is InChI=1S/C10H11BrF2N2/c11-8-6-14-4-2-9(8)15-5-1-3-10(12,13)7-15/h2,4,6H,1,3,5,7H2. The second kappa shape index (κ2) is 4.04. The lowest BCUT2D eigenvalue weighted by Crippen LogP contribution is -2.42. The summed E-state index contributed by atoms with van der Waals surface area (Å²) in [6, 6.07) is 1.76. The SMILES string of the molecule is FC1(F)CCCN(c2ccncc2Br)C1. The first-order chi connectivity index (χ1) is 7.08. The predicted molar refractivity (Wildman–Crippen MR) is 58.3 cm³/mol. The summed E-state index contributed by atoms with van der Waals surface area (Å²) in [5, 5.41) is 0. The minimum Gasteiger partial charge on any atom is -0.364 e. The van der Waals surface area contributed by atoms with Gasteiger partial charge in [-0.3, -0.25) is 4.98 Å². The summed E-state index contributed by atoms with van der Waals surface area (Å²) in [4.78, 5) is 5.62. The lowest BCUT2D eigenvalue weighted by Gasteiger charge is -2.34. The van der Waals surface area contributed by atoms with Crippen LogP contribution in [0.1, 0.15) is 12.8 Å². The number of rotatable bonds is 1. The van der Waals surface area contributed by atoms with Crippen molar-refractivity contribution in [3.05, 3.63) is 22.9 Å². The molecule has 0 N–H and O–H groups in total. The molecule has 2 heterocycles. The van der Waals surface area contributed by atoms with E-state index in [2.05, 4.69) is 20.9 Å². The molecule has 0 atom stereocenters. The largest absolute Gasteiger partial charge is 0.364 e. The first-order valence-corrected chi connectivity index (χ1v) is 5.60. The fourth-order valence-corrected chi connectivity index (χ4v) is 2.30. The van der Waals surface area contributed by atoms with Crippen LogP contribution in [0, 0.1) is 0 Å². The van der Waals surface area contributed by atoms with Crippen LogP contribution >= 0.6 is 15.9 Å². The zero-order valence-corrected chi connectivity index (χ0v) is 9.67. The van der Waals surface area contributed by atoms with Gasteiger partial charge in [-0.2, -0.15) is 0 Å². The Morgan fingerprint density at radius 1 is 1.47 bits per heavy atom. The highest BCUT2D eigenvalue weighted by Crippen LogP contribution is 2.32. The summed E-state index contributed by atoms with van der Waals surface area (Å²) < 4.78 is 27.2. The van der Waals surface area contributed by atoms with Crippen molar-refractivity contribution in [2.75, 3.05) is 18.0 Å². The molecule has 0 aromatic carbocycles. The van der Waals surface area contributed by atoms with E-state index in [0.29, 0.717) is 13.0 Å². The van der Waals surface area contributed by atoms with Gasteiger partial charge in [-0.05, 0) is 28.4 Å². The third kappa shape index (κ3) is 2.45. The molecule has 0 amide bonds. The monoisotopic (exact) mass is 276 g/mol. The van der Waals surface area contributed by atoms with Crippen LogP contribution in [-0.4, -0.2) is 24.0 Å². The number of pyridine rings is 1. The van der Waals surface area contributed by atoms with Crippen molar-refractivity contribution in [2.24, 2.45) is 0 Å². The highest BCUT2D eigenvalue weighted by Gasteiger charge is 2.35. The van der Waals surface area contributed by atoms with Gasteiger partial charge in [0.15, 0.2) is 0 Å². The molecule has 2 rings (SSSR count). The smallest absolute Gasteiger partial charge is 0.265 e. The van der Waals surface area contributed by atoms with Crippen molar-refractivity contribution in [3.8, 4) is 0 Å². The van der Waals surface area contributed by atoms with Crippen molar-refractivity contribution in [1.29, 1.82) is 0 Å². The first-order valence-electron chi connectivity index (χ1n) is 4.81. The molecule has 1 aliphatic heterocycles. The molecule has 1 aromatic rings. The number of aromatic nitrogens is 1. The molecule has 0 bridgehead atoms. The second-order valence-corrected chi connectivity index (χ2v) is 4.56. The number of hydrogen-bond donors (Lipinski definition) is 0. The summed E-state index contributed by atoms with van der Waals surface area (Å²) in [6.07, 6.45) is 3.77. The lowest BCUT2D eigenvalue weighted by molar-refractivity contribution is -0.0117. The molecule has 1 fully saturated rings. The quantitative estimate of drug-likeness (QED) is 0.784. The number of hydrogen-bond acceptors (Lipinski definition) is 2. The Bertz CT molecular complexity index is 357. The van der Waals surface area contributed by atoms with E-state index in [1.165, 1.54) is 0 Å². The maximum atomic E-state index is 13.2. The van der Waals surface area contributed by atoms with E-state index in [1.54, 1.807) is 23.4 Å². The van der Waals surface area contributed by atoms with E-state index in [1.807, 2.05) is 0 Å². The fraction of sp³-hybridized carbons (Fsp3) is 0.500. The van der Waals surface area contributed by atoms with Gasteiger partial charge in [-0.25, -0.2) is 8.78 Å². The number of nitrogens with zero attached hydrogens (tertiary/aromatic N) is 2. The Morgan fingerprint density at radius 3 is 2.93 bits per heavy atom. The van der Waals surface area contributed by atoms with Crippen molar-refractivity contribution >= 4 is 21.6 Å². The summed E-state index contributed by atoms with van der Waals surface area (Å²) in [5.74, 6) is -2.57. The summed E-state index contributed by atoms with van der Waals surface area (Å²) in [6.45, 7) is 0.480. The van der Waals surface area contributed by atoms with E-state index in [9.17, 15) is 8.78 Å². The van der Waals surface area contributed by atoms with Crippen molar-refractivity contribution in [3.63, 3.8) is 0 Å². The number of halogens is 3. The molecule has 82 valence electrons. The number of anilines is 1. The molecule has 0 radical (unpaired) electrons. The van der Waals surface area contributed by atoms with E-state index < -0.39 is 5.92 Å². The van der Waals surface area contributed by atoms with Crippen LogP contribution in [-0.2, 0) is 0 Å². The van der Waals surface area contributed by atoms with E-state index in [0.717, 1.165) is 10.2 Å². The van der Waals surface area contributed by atoms with Gasteiger partial charge in [-0.15, -0.1) is 0 Å². The third-order valence-electron chi connectivity index (χ3n) is 2.48. The summed E-state index contributed by atoms with van der Waals surface area (Å²) in [7, 11) is 0. The fourth-order valence-electron chi connectivity index (χ4n) is 1.80. The average molecular weight is 277 g/mol. The van der Waals surface area contributed by atoms with Crippen molar-refractivity contribution in [1.82, 2.24) is 4.98 Å². The number of piperidine rings is 1. The van der Waals surface area contributed by atoms with Gasteiger partial charge in [0.1, 0.15) is 0 Å². The second-order valence-electron chi connectivity index (χ2n) is 3.71. The molecule has 0 unspecified atom stereocenters. The molecule has 15 heavy (non-hydrogen) atoms. The maximum absolute atomic E-state index is 13.2. The van der Waals surface area contributed by atoms with Crippen LogP contribution in [0.4, 0.5) is 14.5 Å². The highest BCUT2D eigenvalue weighted by atomic mass is 79.9. The minimum absolute atomic E-state index is 0.00774.